The van der Waals surface area contributed by atoms with Gasteiger partial charge >= 0.3 is 0 Å². The normalized spacial score (nSPS) is 13.4. The number of carbonyl (C=O) groups is 2. The Bertz CT molecular complexity index is 1070. The Morgan fingerprint density at radius 1 is 1.03 bits per heavy atom. The van der Waals surface area contributed by atoms with E-state index in [1.807, 2.05) is 67.3 Å². The highest BCUT2D eigenvalue weighted by Crippen LogP contribution is 2.31. The van der Waals surface area contributed by atoms with Gasteiger partial charge in [-0.15, -0.1) is 0 Å². The largest absolute Gasteiger partial charge is 0.326 e. The lowest BCUT2D eigenvalue weighted by Gasteiger charge is -2.31. The van der Waals surface area contributed by atoms with Crippen molar-refractivity contribution in [2.24, 2.45) is 5.92 Å². The zero-order valence-electron chi connectivity index (χ0n) is 16.9. The van der Waals surface area contributed by atoms with Crippen molar-refractivity contribution in [2.45, 2.75) is 33.1 Å². The second-order valence-electron chi connectivity index (χ2n) is 7.95. The fourth-order valence-electron chi connectivity index (χ4n) is 4.02. The minimum atomic E-state index is -0.0566. The topological polar surface area (TPSA) is 49.4 Å². The third kappa shape index (κ3) is 4.02. The molecule has 0 bridgehead atoms. The molecule has 2 amide bonds. The van der Waals surface area contributed by atoms with Crippen molar-refractivity contribution in [1.82, 2.24) is 0 Å². The molecule has 4 heteroatoms. The predicted octanol–water partition coefficient (Wildman–Crippen LogP) is 4.96. The molecule has 3 aromatic rings. The fraction of sp³-hybridized carbons (Fsp3) is 0.280. The highest BCUT2D eigenvalue weighted by molar-refractivity contribution is 5.99. The van der Waals surface area contributed by atoms with Gasteiger partial charge in [-0.2, -0.15) is 0 Å². The molecule has 1 N–H and O–H groups in total. The number of carbonyl (C=O) groups excluding carboxylic acids is 2. The quantitative estimate of drug-likeness (QED) is 0.689. The number of hydrogen-bond donors (Lipinski definition) is 1. The van der Waals surface area contributed by atoms with Crippen molar-refractivity contribution < 1.29 is 9.59 Å². The zero-order chi connectivity index (χ0) is 20.4. The molecule has 1 heterocycles. The summed E-state index contributed by atoms with van der Waals surface area (Å²) < 4.78 is 0. The van der Waals surface area contributed by atoms with Crippen LogP contribution in [0.15, 0.2) is 60.7 Å². The minimum absolute atomic E-state index is 0.0504. The summed E-state index contributed by atoms with van der Waals surface area (Å²) in [5.41, 5.74) is 3.84. The molecular weight excluding hydrogens is 360 g/mol. The summed E-state index contributed by atoms with van der Waals surface area (Å²) in [7, 11) is 0. The van der Waals surface area contributed by atoms with Crippen LogP contribution in [0.5, 0.6) is 0 Å². The maximum Gasteiger partial charge on any atom is 0.229 e. The average Bonchev–Trinajstić information content (AvgIpc) is 2.73. The van der Waals surface area contributed by atoms with E-state index in [0.29, 0.717) is 6.42 Å². The Labute approximate surface area is 171 Å². The summed E-state index contributed by atoms with van der Waals surface area (Å²) in [5, 5.41) is 5.25. The van der Waals surface area contributed by atoms with E-state index in [4.69, 9.17) is 0 Å². The van der Waals surface area contributed by atoms with Crippen LogP contribution in [0.3, 0.4) is 0 Å². The smallest absolute Gasteiger partial charge is 0.229 e. The molecule has 3 aromatic carbocycles. The van der Waals surface area contributed by atoms with E-state index in [9.17, 15) is 9.59 Å². The molecule has 29 heavy (non-hydrogen) atoms. The Morgan fingerprint density at radius 3 is 2.66 bits per heavy atom. The van der Waals surface area contributed by atoms with Gasteiger partial charge in [-0.3, -0.25) is 9.59 Å². The molecule has 0 saturated carbocycles. The van der Waals surface area contributed by atoms with Crippen molar-refractivity contribution in [2.75, 3.05) is 16.8 Å². The maximum atomic E-state index is 12.7. The van der Waals surface area contributed by atoms with E-state index in [2.05, 4.69) is 17.4 Å². The van der Waals surface area contributed by atoms with Crippen LogP contribution in [0.25, 0.3) is 10.8 Å². The molecule has 0 fully saturated rings. The molecular formula is C25H26N2O2. The third-order valence-electron chi connectivity index (χ3n) is 5.48. The lowest BCUT2D eigenvalue weighted by atomic mass is 9.99. The van der Waals surface area contributed by atoms with Crippen LogP contribution in [0.2, 0.25) is 0 Å². The molecule has 0 saturated heterocycles. The number of nitrogens with one attached hydrogen (secondary N) is 1. The first-order chi connectivity index (χ1) is 14.0. The summed E-state index contributed by atoms with van der Waals surface area (Å²) in [6.07, 6.45) is 2.24. The summed E-state index contributed by atoms with van der Waals surface area (Å²) in [6, 6.07) is 20.0. The van der Waals surface area contributed by atoms with Crippen LogP contribution in [0.1, 0.15) is 31.4 Å². The molecule has 0 aliphatic carbocycles. The lowest BCUT2D eigenvalue weighted by Crippen LogP contribution is -2.38. The molecule has 1 aliphatic rings. The summed E-state index contributed by atoms with van der Waals surface area (Å²) in [5.74, 6) is 0.0228. The third-order valence-corrected chi connectivity index (χ3v) is 5.48. The van der Waals surface area contributed by atoms with Crippen LogP contribution in [0.4, 0.5) is 11.4 Å². The van der Waals surface area contributed by atoms with Crippen molar-refractivity contribution in [1.29, 1.82) is 0 Å². The minimum Gasteiger partial charge on any atom is -0.326 e. The van der Waals surface area contributed by atoms with Gasteiger partial charge in [0, 0.05) is 23.8 Å². The Kier molecular flexibility index (Phi) is 5.34. The van der Waals surface area contributed by atoms with Gasteiger partial charge in [0.05, 0.1) is 6.42 Å². The van der Waals surface area contributed by atoms with E-state index >= 15 is 0 Å². The molecule has 4 nitrogen and oxygen atoms in total. The first kappa shape index (κ1) is 19.2. The number of nitrogens with zero attached hydrogens (tertiary/aromatic N) is 1. The molecule has 1 aliphatic heterocycles. The van der Waals surface area contributed by atoms with Crippen molar-refractivity contribution in [3.8, 4) is 0 Å². The van der Waals surface area contributed by atoms with Gasteiger partial charge in [0.15, 0.2) is 0 Å². The Morgan fingerprint density at radius 2 is 1.83 bits per heavy atom. The zero-order valence-corrected chi connectivity index (χ0v) is 16.9. The van der Waals surface area contributed by atoms with Gasteiger partial charge in [0.1, 0.15) is 0 Å². The van der Waals surface area contributed by atoms with Crippen LogP contribution in [-0.2, 0) is 22.4 Å². The number of anilines is 2. The second-order valence-corrected chi connectivity index (χ2v) is 7.95. The predicted molar refractivity (Wildman–Crippen MR) is 118 cm³/mol. The average molecular weight is 386 g/mol. The van der Waals surface area contributed by atoms with Gasteiger partial charge < -0.3 is 10.2 Å². The van der Waals surface area contributed by atoms with Crippen LogP contribution in [0, 0.1) is 5.92 Å². The second kappa shape index (κ2) is 8.08. The number of amides is 2. The number of fused-ring (bicyclic) bond motifs is 2. The summed E-state index contributed by atoms with van der Waals surface area (Å²) in [4.78, 5) is 27.2. The molecule has 148 valence electrons. The van der Waals surface area contributed by atoms with E-state index in [1.54, 1.807) is 0 Å². The lowest BCUT2D eigenvalue weighted by molar-refractivity contribution is -0.121. The van der Waals surface area contributed by atoms with Gasteiger partial charge in [-0.25, -0.2) is 0 Å². The molecule has 0 aromatic heterocycles. The van der Waals surface area contributed by atoms with Gasteiger partial charge in [0.25, 0.3) is 0 Å². The maximum absolute atomic E-state index is 12.7. The summed E-state index contributed by atoms with van der Waals surface area (Å²) in [6.45, 7) is 4.58. The molecule has 0 spiro atoms. The van der Waals surface area contributed by atoms with Gasteiger partial charge in [0.2, 0.25) is 11.8 Å². The number of rotatable bonds is 4. The van der Waals surface area contributed by atoms with Crippen molar-refractivity contribution in [3.63, 3.8) is 0 Å². The summed E-state index contributed by atoms with van der Waals surface area (Å²) >= 11 is 0. The highest BCUT2D eigenvalue weighted by Gasteiger charge is 2.24. The Hall–Kier alpha value is -3.14. The highest BCUT2D eigenvalue weighted by atomic mass is 16.2. The fourth-order valence-corrected chi connectivity index (χ4v) is 4.02. The molecule has 4 rings (SSSR count). The first-order valence-electron chi connectivity index (χ1n) is 10.2. The number of aryl methyl sites for hydroxylation is 1. The number of hydrogen-bond acceptors (Lipinski definition) is 2. The van der Waals surface area contributed by atoms with E-state index < -0.39 is 0 Å². The van der Waals surface area contributed by atoms with E-state index in [-0.39, 0.29) is 17.7 Å². The van der Waals surface area contributed by atoms with Crippen molar-refractivity contribution >= 4 is 34.0 Å². The first-order valence-corrected chi connectivity index (χ1v) is 10.2. The van der Waals surface area contributed by atoms with Gasteiger partial charge in [-0.05, 0) is 46.9 Å². The van der Waals surface area contributed by atoms with Crippen LogP contribution >= 0.6 is 0 Å². The standard InChI is InChI=1S/C25H26N2O2/c1-17(2)25(29)27-14-6-10-19-12-13-21(16-23(19)27)26-24(28)15-20-9-5-8-18-7-3-4-11-22(18)20/h3-5,7-9,11-13,16-17H,6,10,14-15H2,1-2H3,(H,26,28). The Balaban J connectivity index is 1.54. The molecule has 0 unspecified atom stereocenters. The molecule has 0 radical (unpaired) electrons. The van der Waals surface area contributed by atoms with Gasteiger partial charge in [-0.1, -0.05) is 62.4 Å². The monoisotopic (exact) mass is 386 g/mol. The SMILES string of the molecule is CC(C)C(=O)N1CCCc2ccc(NC(=O)Cc3cccc4ccccc34)cc21. The van der Waals surface area contributed by atoms with Crippen molar-refractivity contribution in [3.05, 3.63) is 71.8 Å². The molecule has 0 atom stereocenters. The van der Waals surface area contributed by atoms with E-state index in [1.165, 1.54) is 0 Å². The van der Waals surface area contributed by atoms with Crippen LogP contribution < -0.4 is 10.2 Å². The van der Waals surface area contributed by atoms with E-state index in [0.717, 1.165) is 52.7 Å². The van der Waals surface area contributed by atoms with Crippen LogP contribution in [-0.4, -0.2) is 18.4 Å². The number of benzene rings is 3.